The van der Waals surface area contributed by atoms with E-state index in [1.807, 2.05) is 4.90 Å². The Morgan fingerprint density at radius 3 is 2.47 bits per heavy atom. The quantitative estimate of drug-likeness (QED) is 0.901. The van der Waals surface area contributed by atoms with E-state index >= 15 is 0 Å². The van der Waals surface area contributed by atoms with E-state index in [1.165, 1.54) is 11.1 Å². The number of rotatable bonds is 3. The van der Waals surface area contributed by atoms with E-state index in [0.29, 0.717) is 6.54 Å². The lowest BCUT2D eigenvalue weighted by Gasteiger charge is -2.27. The van der Waals surface area contributed by atoms with E-state index in [-0.39, 0.29) is 11.3 Å². The molecule has 1 aliphatic heterocycles. The maximum absolute atomic E-state index is 11.7. The normalized spacial score (nSPS) is 16.8. The van der Waals surface area contributed by atoms with Crippen LogP contribution in [0.4, 0.5) is 0 Å². The Morgan fingerprint density at radius 2 is 1.89 bits per heavy atom. The van der Waals surface area contributed by atoms with Gasteiger partial charge in [-0.2, -0.15) is 0 Å². The predicted molar refractivity (Wildman–Crippen MR) is 78.3 cm³/mol. The first kappa shape index (κ1) is 14.1. The molecule has 0 unspecified atom stereocenters. The molecule has 3 nitrogen and oxygen atoms in total. The topological polar surface area (TPSA) is 32.3 Å². The highest BCUT2D eigenvalue weighted by molar-refractivity contribution is 5.78. The number of amides is 1. The molecule has 3 heteroatoms. The summed E-state index contributed by atoms with van der Waals surface area (Å²) in [4.78, 5) is 13.6. The molecule has 1 heterocycles. The number of hydrogen-bond donors (Lipinski definition) is 1. The second-order valence-electron chi connectivity index (χ2n) is 6.25. The molecule has 1 amide bonds. The largest absolute Gasteiger partial charge is 0.340 e. The summed E-state index contributed by atoms with van der Waals surface area (Å²) >= 11 is 0. The van der Waals surface area contributed by atoms with Crippen LogP contribution < -0.4 is 5.32 Å². The number of piperazine rings is 1. The van der Waals surface area contributed by atoms with Gasteiger partial charge in [-0.25, -0.2) is 0 Å². The van der Waals surface area contributed by atoms with Gasteiger partial charge in [-0.3, -0.25) is 4.79 Å². The highest BCUT2D eigenvalue weighted by Crippen LogP contribution is 2.22. The monoisotopic (exact) mass is 260 g/mol. The number of benzene rings is 1. The van der Waals surface area contributed by atoms with Crippen molar-refractivity contribution in [3.05, 3.63) is 35.4 Å². The summed E-state index contributed by atoms with van der Waals surface area (Å²) in [6.07, 6.45) is 0.941. The number of carbonyl (C=O) groups is 1. The minimum atomic E-state index is 0.201. The van der Waals surface area contributed by atoms with Crippen LogP contribution in [0.5, 0.6) is 0 Å². The first-order valence-corrected chi connectivity index (χ1v) is 7.05. The SMILES string of the molecule is CC(C)(C)c1ccc(CCN2CCNCC2=O)cc1. The smallest absolute Gasteiger partial charge is 0.236 e. The van der Waals surface area contributed by atoms with Crippen LogP contribution in [0.15, 0.2) is 24.3 Å². The van der Waals surface area contributed by atoms with E-state index in [9.17, 15) is 4.79 Å². The van der Waals surface area contributed by atoms with Gasteiger partial charge in [-0.15, -0.1) is 0 Å². The van der Waals surface area contributed by atoms with E-state index in [4.69, 9.17) is 0 Å². The zero-order chi connectivity index (χ0) is 13.9. The Morgan fingerprint density at radius 1 is 1.21 bits per heavy atom. The fourth-order valence-electron chi connectivity index (χ4n) is 2.32. The van der Waals surface area contributed by atoms with Crippen molar-refractivity contribution >= 4 is 5.91 Å². The molecule has 0 bridgehead atoms. The van der Waals surface area contributed by atoms with E-state index < -0.39 is 0 Å². The molecule has 0 atom stereocenters. The summed E-state index contributed by atoms with van der Waals surface area (Å²) in [5.74, 6) is 0.220. The second-order valence-corrected chi connectivity index (χ2v) is 6.25. The van der Waals surface area contributed by atoms with Gasteiger partial charge in [-0.05, 0) is 23.0 Å². The van der Waals surface area contributed by atoms with E-state index in [2.05, 4.69) is 50.4 Å². The van der Waals surface area contributed by atoms with Crippen molar-refractivity contribution < 1.29 is 4.79 Å². The van der Waals surface area contributed by atoms with Crippen molar-refractivity contribution in [2.24, 2.45) is 0 Å². The van der Waals surface area contributed by atoms with Gasteiger partial charge in [-0.1, -0.05) is 45.0 Å². The minimum absolute atomic E-state index is 0.201. The molecular weight excluding hydrogens is 236 g/mol. The number of nitrogens with zero attached hydrogens (tertiary/aromatic N) is 1. The molecule has 19 heavy (non-hydrogen) atoms. The van der Waals surface area contributed by atoms with Crippen LogP contribution >= 0.6 is 0 Å². The first-order chi connectivity index (χ1) is 8.97. The van der Waals surface area contributed by atoms with Gasteiger partial charge in [0.2, 0.25) is 5.91 Å². The van der Waals surface area contributed by atoms with Gasteiger partial charge in [0, 0.05) is 19.6 Å². The van der Waals surface area contributed by atoms with Crippen LogP contribution in [0.25, 0.3) is 0 Å². The van der Waals surface area contributed by atoms with Crippen LogP contribution in [0, 0.1) is 0 Å². The number of hydrogen-bond acceptors (Lipinski definition) is 2. The van der Waals surface area contributed by atoms with Gasteiger partial charge in [0.1, 0.15) is 0 Å². The molecular formula is C16H24N2O. The van der Waals surface area contributed by atoms with Crippen LogP contribution in [0.3, 0.4) is 0 Å². The van der Waals surface area contributed by atoms with Gasteiger partial charge < -0.3 is 10.2 Å². The average molecular weight is 260 g/mol. The zero-order valence-corrected chi connectivity index (χ0v) is 12.2. The fourth-order valence-corrected chi connectivity index (χ4v) is 2.32. The van der Waals surface area contributed by atoms with Crippen molar-refractivity contribution in [1.29, 1.82) is 0 Å². The summed E-state index contributed by atoms with van der Waals surface area (Å²) in [7, 11) is 0. The maximum atomic E-state index is 11.7. The first-order valence-electron chi connectivity index (χ1n) is 7.05. The minimum Gasteiger partial charge on any atom is -0.340 e. The van der Waals surface area contributed by atoms with Gasteiger partial charge >= 0.3 is 0 Å². The molecule has 1 fully saturated rings. The summed E-state index contributed by atoms with van der Waals surface area (Å²) in [5.41, 5.74) is 2.86. The molecule has 0 radical (unpaired) electrons. The Balaban J connectivity index is 1.91. The van der Waals surface area contributed by atoms with E-state index in [1.54, 1.807) is 0 Å². The standard InChI is InChI=1S/C16H24N2O/c1-16(2,3)14-6-4-13(5-7-14)8-10-18-11-9-17-12-15(18)19/h4-7,17H,8-12H2,1-3H3. The molecule has 1 saturated heterocycles. The van der Waals surface area contributed by atoms with Crippen molar-refractivity contribution in [2.75, 3.05) is 26.2 Å². The average Bonchev–Trinajstić information content (AvgIpc) is 2.37. The highest BCUT2D eigenvalue weighted by Gasteiger charge is 2.17. The molecule has 2 rings (SSSR count). The highest BCUT2D eigenvalue weighted by atomic mass is 16.2. The van der Waals surface area contributed by atoms with Crippen molar-refractivity contribution in [2.45, 2.75) is 32.6 Å². The lowest BCUT2D eigenvalue weighted by molar-refractivity contribution is -0.131. The fraction of sp³-hybridized carbons (Fsp3) is 0.562. The van der Waals surface area contributed by atoms with Crippen LogP contribution in [0.1, 0.15) is 31.9 Å². The molecule has 0 saturated carbocycles. The molecule has 0 spiro atoms. The third-order valence-electron chi connectivity index (χ3n) is 3.68. The summed E-state index contributed by atoms with van der Waals surface area (Å²) in [5, 5.41) is 3.10. The zero-order valence-electron chi connectivity index (χ0n) is 12.2. The third-order valence-corrected chi connectivity index (χ3v) is 3.68. The Labute approximate surface area is 116 Å². The van der Waals surface area contributed by atoms with Crippen LogP contribution in [-0.4, -0.2) is 37.0 Å². The number of carbonyl (C=O) groups excluding carboxylic acids is 1. The molecule has 1 aromatic carbocycles. The van der Waals surface area contributed by atoms with Crippen LogP contribution in [0.2, 0.25) is 0 Å². The van der Waals surface area contributed by atoms with Gasteiger partial charge in [0.05, 0.1) is 6.54 Å². The summed E-state index contributed by atoms with van der Waals surface area (Å²) < 4.78 is 0. The molecule has 1 N–H and O–H groups in total. The van der Waals surface area contributed by atoms with Gasteiger partial charge in [0.15, 0.2) is 0 Å². The lowest BCUT2D eigenvalue weighted by Crippen LogP contribution is -2.48. The Bertz CT molecular complexity index is 431. The molecule has 1 aromatic rings. The van der Waals surface area contributed by atoms with Crippen molar-refractivity contribution in [3.63, 3.8) is 0 Å². The molecule has 0 aliphatic carbocycles. The third kappa shape index (κ3) is 3.80. The van der Waals surface area contributed by atoms with Crippen molar-refractivity contribution in [3.8, 4) is 0 Å². The van der Waals surface area contributed by atoms with Crippen molar-refractivity contribution in [1.82, 2.24) is 10.2 Å². The molecule has 1 aliphatic rings. The number of nitrogens with one attached hydrogen (secondary N) is 1. The maximum Gasteiger partial charge on any atom is 0.236 e. The summed E-state index contributed by atoms with van der Waals surface area (Å²) in [6.45, 7) is 9.73. The van der Waals surface area contributed by atoms with Gasteiger partial charge in [0.25, 0.3) is 0 Å². The second kappa shape index (κ2) is 5.74. The summed E-state index contributed by atoms with van der Waals surface area (Å²) in [6, 6.07) is 8.78. The lowest BCUT2D eigenvalue weighted by atomic mass is 9.86. The molecule has 104 valence electrons. The van der Waals surface area contributed by atoms with Crippen LogP contribution in [-0.2, 0) is 16.6 Å². The predicted octanol–water partition coefficient (Wildman–Crippen LogP) is 1.96. The van der Waals surface area contributed by atoms with E-state index in [0.717, 1.165) is 26.1 Å². The Hall–Kier alpha value is -1.35. The molecule has 0 aromatic heterocycles. The Kier molecular flexibility index (Phi) is 4.25.